The molecule has 4 heterocycles. The van der Waals surface area contributed by atoms with Gasteiger partial charge in [-0.1, -0.05) is 6.07 Å². The molecule has 0 spiro atoms. The van der Waals surface area contributed by atoms with Crippen LogP contribution in [0, 0.1) is 0 Å². The van der Waals surface area contributed by atoms with Gasteiger partial charge in [-0.2, -0.15) is 26.3 Å². The minimum absolute atomic E-state index is 0. The van der Waals surface area contributed by atoms with Crippen LogP contribution >= 0.6 is 17.0 Å². The molecule has 0 aliphatic carbocycles. The fourth-order valence-electron chi connectivity index (χ4n) is 6.15. The number of hydrogen-bond donors (Lipinski definition) is 1. The lowest BCUT2D eigenvalue weighted by atomic mass is 10.0. The molecule has 3 aromatic carbocycles. The molecule has 2 aromatic heterocycles. The number of amides is 2. The van der Waals surface area contributed by atoms with Crippen LogP contribution in [0.5, 0.6) is 23.1 Å². The van der Waals surface area contributed by atoms with E-state index in [0.29, 0.717) is 49.8 Å². The van der Waals surface area contributed by atoms with Gasteiger partial charge in [-0.3, -0.25) is 14.5 Å². The highest BCUT2D eigenvalue weighted by molar-refractivity contribution is 8.93. The molecule has 2 amide bonds. The van der Waals surface area contributed by atoms with E-state index < -0.39 is 35.0 Å². The number of aromatic nitrogens is 2. The summed E-state index contributed by atoms with van der Waals surface area (Å²) >= 11 is 0. The molecule has 1 saturated heterocycles. The highest BCUT2D eigenvalue weighted by Gasteiger charge is 2.39. The van der Waals surface area contributed by atoms with Crippen LogP contribution in [0.3, 0.4) is 0 Å². The van der Waals surface area contributed by atoms with Gasteiger partial charge in [-0.15, -0.1) is 17.0 Å². The Morgan fingerprint density at radius 2 is 1.60 bits per heavy atom. The maximum absolute atomic E-state index is 13.6. The predicted octanol–water partition coefficient (Wildman–Crippen LogP) is 7.92. The van der Waals surface area contributed by atoms with Crippen molar-refractivity contribution >= 4 is 45.4 Å². The number of fused-ring (bicyclic) bond motifs is 2. The number of pyridine rings is 1. The topological polar surface area (TPSA) is 98.2 Å². The van der Waals surface area contributed by atoms with E-state index in [0.717, 1.165) is 40.7 Å². The fourth-order valence-corrected chi connectivity index (χ4v) is 6.15. The maximum atomic E-state index is 13.6. The van der Waals surface area contributed by atoms with Crippen molar-refractivity contribution in [2.45, 2.75) is 18.9 Å². The minimum atomic E-state index is -5.20. The van der Waals surface area contributed by atoms with Gasteiger partial charge in [0, 0.05) is 56.7 Å². The lowest BCUT2D eigenvalue weighted by Gasteiger charge is -2.34. The summed E-state index contributed by atoms with van der Waals surface area (Å²) in [5.41, 5.74) is -1.82. The summed E-state index contributed by atoms with van der Waals surface area (Å²) in [6, 6.07) is 16.4. The third-order valence-electron chi connectivity index (χ3n) is 8.85. The second kappa shape index (κ2) is 14.6. The summed E-state index contributed by atoms with van der Waals surface area (Å²) in [6.07, 6.45) is -9.09. The van der Waals surface area contributed by atoms with Crippen molar-refractivity contribution in [2.75, 3.05) is 38.3 Å². The van der Waals surface area contributed by atoms with E-state index in [1.807, 2.05) is 34.7 Å². The SMILES string of the molecule is Br.Cn1c(C(=O)N2CCN(Cc3ccc4c(c3)OCO4)CC2)cc2cc(Oc3ccc(NC(=O)c4ccc(C(F)(F)F)cc4C(F)(F)F)cn3)ccc21. The Morgan fingerprint density at radius 1 is 0.849 bits per heavy atom. The molecule has 10 nitrogen and oxygen atoms in total. The van der Waals surface area contributed by atoms with Crippen molar-refractivity contribution in [1.29, 1.82) is 0 Å². The van der Waals surface area contributed by atoms with Crippen molar-refractivity contribution in [2.24, 2.45) is 7.05 Å². The number of ether oxygens (including phenoxy) is 3. The smallest absolute Gasteiger partial charge is 0.417 e. The second-order valence-electron chi connectivity index (χ2n) is 12.3. The van der Waals surface area contributed by atoms with Gasteiger partial charge in [0.15, 0.2) is 11.5 Å². The fraction of sp³-hybridized carbons (Fsp3) is 0.250. The molecule has 0 atom stereocenters. The van der Waals surface area contributed by atoms with Crippen LogP contribution in [0.15, 0.2) is 79.0 Å². The molecular formula is C36H30BrF6N5O5. The zero-order chi connectivity index (χ0) is 36.8. The van der Waals surface area contributed by atoms with E-state index in [9.17, 15) is 35.9 Å². The summed E-state index contributed by atoms with van der Waals surface area (Å²) in [7, 11) is 1.81. The summed E-state index contributed by atoms with van der Waals surface area (Å²) in [6.45, 7) is 3.50. The molecule has 2 aliphatic heterocycles. The molecule has 0 unspecified atom stereocenters. The Morgan fingerprint density at radius 3 is 2.30 bits per heavy atom. The molecule has 5 aromatic rings. The van der Waals surface area contributed by atoms with E-state index in [1.54, 1.807) is 24.3 Å². The van der Waals surface area contributed by atoms with Crippen molar-refractivity contribution < 1.29 is 50.1 Å². The van der Waals surface area contributed by atoms with Gasteiger partial charge in [0.2, 0.25) is 12.7 Å². The number of carbonyl (C=O) groups is 2. The Balaban J connectivity index is 0.00000481. The highest BCUT2D eigenvalue weighted by atomic mass is 79.9. The number of hydrogen-bond acceptors (Lipinski definition) is 7. The molecule has 0 radical (unpaired) electrons. The molecule has 1 N–H and O–H groups in total. The zero-order valence-electron chi connectivity index (χ0n) is 27.8. The molecule has 7 rings (SSSR count). The normalized spacial score (nSPS) is 14.6. The molecule has 2 aliphatic rings. The average molecular weight is 807 g/mol. The molecule has 278 valence electrons. The quantitative estimate of drug-likeness (QED) is 0.167. The number of benzene rings is 3. The van der Waals surface area contributed by atoms with Gasteiger partial charge in [0.05, 0.1) is 28.6 Å². The largest absolute Gasteiger partial charge is 0.454 e. The van der Waals surface area contributed by atoms with E-state index >= 15 is 0 Å². The molecule has 53 heavy (non-hydrogen) atoms. The van der Waals surface area contributed by atoms with E-state index in [2.05, 4.69) is 15.2 Å². The second-order valence-corrected chi connectivity index (χ2v) is 12.3. The number of halogens is 7. The van der Waals surface area contributed by atoms with Crippen molar-refractivity contribution in [3.8, 4) is 23.1 Å². The summed E-state index contributed by atoms with van der Waals surface area (Å²) in [4.78, 5) is 34.4. The minimum Gasteiger partial charge on any atom is -0.454 e. The van der Waals surface area contributed by atoms with Crippen LogP contribution in [0.1, 0.15) is 37.5 Å². The number of aryl methyl sites for hydroxylation is 1. The zero-order valence-corrected chi connectivity index (χ0v) is 29.5. The molecule has 17 heteroatoms. The predicted molar refractivity (Wildman–Crippen MR) is 186 cm³/mol. The number of piperazine rings is 1. The Kier molecular flexibility index (Phi) is 10.3. The highest BCUT2D eigenvalue weighted by Crippen LogP contribution is 2.38. The van der Waals surface area contributed by atoms with Gasteiger partial charge in [0.1, 0.15) is 11.4 Å². The first-order valence-electron chi connectivity index (χ1n) is 16.0. The lowest BCUT2D eigenvalue weighted by Crippen LogP contribution is -2.48. The number of nitrogens with zero attached hydrogens (tertiary/aromatic N) is 4. The van der Waals surface area contributed by atoms with Crippen LogP contribution in [0.25, 0.3) is 10.9 Å². The monoisotopic (exact) mass is 805 g/mol. The number of nitrogens with one attached hydrogen (secondary N) is 1. The van der Waals surface area contributed by atoms with Gasteiger partial charge < -0.3 is 29.0 Å². The summed E-state index contributed by atoms with van der Waals surface area (Å²) in [5.74, 6) is 0.592. The third-order valence-corrected chi connectivity index (χ3v) is 8.85. The van der Waals surface area contributed by atoms with Crippen molar-refractivity contribution in [1.82, 2.24) is 19.4 Å². The summed E-state index contributed by atoms with van der Waals surface area (Å²) < 4.78 is 98.1. The first-order valence-corrected chi connectivity index (χ1v) is 16.0. The summed E-state index contributed by atoms with van der Waals surface area (Å²) in [5, 5.41) is 2.96. The van der Waals surface area contributed by atoms with Crippen LogP contribution in [0.4, 0.5) is 32.0 Å². The van der Waals surface area contributed by atoms with Gasteiger partial charge >= 0.3 is 12.4 Å². The number of alkyl halides is 6. The Hall–Kier alpha value is -5.29. The van der Waals surface area contributed by atoms with E-state index in [-0.39, 0.29) is 47.3 Å². The lowest BCUT2D eigenvalue weighted by molar-refractivity contribution is -0.143. The third kappa shape index (κ3) is 8.05. The van der Waals surface area contributed by atoms with Gasteiger partial charge in [-0.25, -0.2) is 4.98 Å². The van der Waals surface area contributed by atoms with Crippen LogP contribution in [-0.2, 0) is 25.9 Å². The van der Waals surface area contributed by atoms with Crippen LogP contribution in [-0.4, -0.2) is 64.1 Å². The number of rotatable bonds is 7. The molecular weight excluding hydrogens is 776 g/mol. The maximum Gasteiger partial charge on any atom is 0.417 e. The van der Waals surface area contributed by atoms with Gasteiger partial charge in [0.25, 0.3) is 11.8 Å². The van der Waals surface area contributed by atoms with Crippen molar-refractivity contribution in [3.05, 3.63) is 107 Å². The van der Waals surface area contributed by atoms with E-state index in [1.165, 1.54) is 12.1 Å². The molecule has 0 saturated carbocycles. The number of anilines is 1. The molecule has 1 fully saturated rings. The first-order chi connectivity index (χ1) is 24.7. The Labute approximate surface area is 308 Å². The first kappa shape index (κ1) is 37.5. The standard InChI is InChI=1S/C36H29F6N5O5.BrH/c1-45-28-7-5-25(52-32-9-4-24(18-43-32)44-33(48)26-6-3-23(35(37,38)39)17-27(26)36(40,41)42)15-22(28)16-29(45)34(49)47-12-10-46(11-13-47)19-21-2-8-30-31(14-21)51-20-50-30;/h2-9,14-18H,10-13,19-20H2,1H3,(H,44,48);1H. The van der Waals surface area contributed by atoms with Crippen molar-refractivity contribution in [3.63, 3.8) is 0 Å². The van der Waals surface area contributed by atoms with Crippen LogP contribution in [0.2, 0.25) is 0 Å². The Bertz CT molecular complexity index is 2170. The number of carbonyl (C=O) groups excluding carboxylic acids is 2. The molecule has 0 bridgehead atoms. The average Bonchev–Trinajstić information content (AvgIpc) is 3.71. The van der Waals surface area contributed by atoms with E-state index in [4.69, 9.17) is 14.2 Å². The van der Waals surface area contributed by atoms with Gasteiger partial charge in [-0.05, 0) is 66.2 Å². The van der Waals surface area contributed by atoms with Crippen LogP contribution < -0.4 is 19.5 Å².